The zero-order chi connectivity index (χ0) is 20.6. The number of aromatic nitrogens is 1. The third-order valence-corrected chi connectivity index (χ3v) is 4.75. The van der Waals surface area contributed by atoms with Gasteiger partial charge in [-0.3, -0.25) is 19.9 Å². The smallest absolute Gasteiger partial charge is 0.323 e. The van der Waals surface area contributed by atoms with Crippen molar-refractivity contribution in [3.05, 3.63) is 53.3 Å². The fourth-order valence-electron chi connectivity index (χ4n) is 3.32. The van der Waals surface area contributed by atoms with Crippen LogP contribution in [0.15, 0.2) is 36.7 Å². The fraction of sp³-hybridized carbons (Fsp3) is 0.200. The van der Waals surface area contributed by atoms with Crippen LogP contribution in [0.4, 0.5) is 10.5 Å². The van der Waals surface area contributed by atoms with E-state index in [0.29, 0.717) is 29.1 Å². The Kier molecular flexibility index (Phi) is 4.31. The third-order valence-electron chi connectivity index (χ3n) is 4.75. The first-order valence-corrected chi connectivity index (χ1v) is 8.74. The molecule has 146 valence electrons. The molecule has 0 aliphatic carbocycles. The molecule has 3 heterocycles. The highest BCUT2D eigenvalue weighted by atomic mass is 16.5. The van der Waals surface area contributed by atoms with Crippen LogP contribution in [-0.2, 0) is 11.3 Å². The standard InChI is InChI=1S/C20H17N5O4/c1-29-15-3-2-13-10-25(17(26)16(13)7-15)11-20(18(27)23-19(28)24-20)5-4-12-6-14(21)9-22-8-12/h2-3,6-9H,10-11,21H2,1H3,(H2,23,24,27,28)/t20-/m1/s1. The fourth-order valence-corrected chi connectivity index (χ4v) is 3.32. The van der Waals surface area contributed by atoms with Gasteiger partial charge < -0.3 is 20.7 Å². The van der Waals surface area contributed by atoms with Crippen LogP contribution in [0.3, 0.4) is 0 Å². The van der Waals surface area contributed by atoms with Gasteiger partial charge in [0.25, 0.3) is 11.8 Å². The molecular weight excluding hydrogens is 374 g/mol. The maximum absolute atomic E-state index is 12.9. The van der Waals surface area contributed by atoms with E-state index in [1.807, 2.05) is 0 Å². The van der Waals surface area contributed by atoms with Crippen LogP contribution in [0.25, 0.3) is 0 Å². The van der Waals surface area contributed by atoms with Gasteiger partial charge in [-0.2, -0.15) is 0 Å². The quantitative estimate of drug-likeness (QED) is 0.509. The number of hydrogen-bond acceptors (Lipinski definition) is 6. The molecule has 1 aromatic heterocycles. The van der Waals surface area contributed by atoms with Crippen LogP contribution in [0.5, 0.6) is 5.75 Å². The van der Waals surface area contributed by atoms with Crippen molar-refractivity contribution in [2.45, 2.75) is 12.1 Å². The molecule has 2 aliphatic heterocycles. The molecule has 0 bridgehead atoms. The highest BCUT2D eigenvalue weighted by Gasteiger charge is 2.48. The van der Waals surface area contributed by atoms with Crippen molar-refractivity contribution in [2.24, 2.45) is 0 Å². The Labute approximate surface area is 166 Å². The highest BCUT2D eigenvalue weighted by molar-refractivity contribution is 6.10. The summed E-state index contributed by atoms with van der Waals surface area (Å²) in [6, 6.07) is 6.16. The van der Waals surface area contributed by atoms with Gasteiger partial charge in [0.2, 0.25) is 5.54 Å². The number of nitrogen functional groups attached to an aromatic ring is 1. The lowest BCUT2D eigenvalue weighted by Gasteiger charge is -2.26. The van der Waals surface area contributed by atoms with E-state index in [9.17, 15) is 14.4 Å². The SMILES string of the molecule is COc1ccc2c(c1)C(=O)N(C[C@@]1(C#Cc3cncc(N)c3)NC(=O)NC1=O)C2. The number of urea groups is 1. The number of carbonyl (C=O) groups is 3. The summed E-state index contributed by atoms with van der Waals surface area (Å²) in [5.74, 6) is 5.31. The molecular formula is C20H17N5O4. The topological polar surface area (TPSA) is 127 Å². The molecule has 2 aliphatic rings. The zero-order valence-electron chi connectivity index (χ0n) is 15.5. The minimum absolute atomic E-state index is 0.108. The number of ether oxygens (including phenoxy) is 1. The number of nitrogens with zero attached hydrogens (tertiary/aromatic N) is 2. The molecule has 4 N–H and O–H groups in total. The Morgan fingerprint density at radius 1 is 1.28 bits per heavy atom. The maximum Gasteiger partial charge on any atom is 0.323 e. The Hall–Kier alpha value is -4.06. The van der Waals surface area contributed by atoms with Crippen LogP contribution in [0.2, 0.25) is 0 Å². The lowest BCUT2D eigenvalue weighted by Crippen LogP contribution is -2.54. The van der Waals surface area contributed by atoms with Gasteiger partial charge in [-0.25, -0.2) is 4.79 Å². The van der Waals surface area contributed by atoms with Crippen LogP contribution in [0.1, 0.15) is 21.5 Å². The highest BCUT2D eigenvalue weighted by Crippen LogP contribution is 2.28. The number of pyridine rings is 1. The minimum atomic E-state index is -1.58. The second-order valence-electron chi connectivity index (χ2n) is 6.75. The van der Waals surface area contributed by atoms with Crippen LogP contribution in [0, 0.1) is 11.8 Å². The predicted molar refractivity (Wildman–Crippen MR) is 103 cm³/mol. The summed E-state index contributed by atoms with van der Waals surface area (Å²) in [7, 11) is 1.52. The van der Waals surface area contributed by atoms with Crippen LogP contribution >= 0.6 is 0 Å². The summed E-state index contributed by atoms with van der Waals surface area (Å²) in [5.41, 5.74) is 6.34. The second-order valence-corrected chi connectivity index (χ2v) is 6.75. The molecule has 1 fully saturated rings. The largest absolute Gasteiger partial charge is 0.497 e. The first-order chi connectivity index (χ1) is 13.9. The number of imide groups is 1. The Morgan fingerprint density at radius 3 is 2.79 bits per heavy atom. The monoisotopic (exact) mass is 391 g/mol. The average molecular weight is 391 g/mol. The minimum Gasteiger partial charge on any atom is -0.497 e. The number of anilines is 1. The van der Waals surface area contributed by atoms with Gasteiger partial charge >= 0.3 is 6.03 Å². The lowest BCUT2D eigenvalue weighted by molar-refractivity contribution is -0.122. The predicted octanol–water partition coefficient (Wildman–Crippen LogP) is 0.258. The molecule has 0 radical (unpaired) electrons. The van der Waals surface area contributed by atoms with Crippen molar-refractivity contribution in [3.8, 4) is 17.6 Å². The van der Waals surface area contributed by atoms with Crippen molar-refractivity contribution in [2.75, 3.05) is 19.4 Å². The van der Waals surface area contributed by atoms with Gasteiger partial charge in [0.05, 0.1) is 19.3 Å². The number of hydrogen-bond donors (Lipinski definition) is 3. The number of amides is 4. The molecule has 1 atom stereocenters. The summed E-state index contributed by atoms with van der Waals surface area (Å²) in [4.78, 5) is 42.7. The zero-order valence-corrected chi connectivity index (χ0v) is 15.5. The molecule has 1 saturated heterocycles. The molecule has 29 heavy (non-hydrogen) atoms. The van der Waals surface area contributed by atoms with E-state index in [1.165, 1.54) is 24.4 Å². The van der Waals surface area contributed by atoms with Gasteiger partial charge in [-0.05, 0) is 23.8 Å². The van der Waals surface area contributed by atoms with E-state index in [-0.39, 0.29) is 12.5 Å². The van der Waals surface area contributed by atoms with Gasteiger partial charge in [-0.1, -0.05) is 17.9 Å². The van der Waals surface area contributed by atoms with E-state index in [1.54, 1.807) is 24.3 Å². The summed E-state index contributed by atoms with van der Waals surface area (Å²) >= 11 is 0. The van der Waals surface area contributed by atoms with Gasteiger partial charge in [0.1, 0.15) is 5.75 Å². The number of carbonyl (C=O) groups excluding carboxylic acids is 3. The van der Waals surface area contributed by atoms with Crippen molar-refractivity contribution >= 4 is 23.5 Å². The maximum atomic E-state index is 12.9. The number of fused-ring (bicyclic) bond motifs is 1. The molecule has 0 saturated carbocycles. The Bertz CT molecular complexity index is 1100. The molecule has 9 heteroatoms. The van der Waals surface area contributed by atoms with Gasteiger partial charge in [-0.15, -0.1) is 0 Å². The van der Waals surface area contributed by atoms with Gasteiger partial charge in [0, 0.05) is 30.1 Å². The van der Waals surface area contributed by atoms with Crippen molar-refractivity contribution < 1.29 is 19.1 Å². The molecule has 4 rings (SSSR count). The first kappa shape index (κ1) is 18.3. The van der Waals surface area contributed by atoms with E-state index < -0.39 is 17.5 Å². The third kappa shape index (κ3) is 3.32. The van der Waals surface area contributed by atoms with Crippen LogP contribution in [-0.4, -0.2) is 46.9 Å². The van der Waals surface area contributed by atoms with Crippen LogP contribution < -0.4 is 21.1 Å². The summed E-state index contributed by atoms with van der Waals surface area (Å²) < 4.78 is 5.17. The molecule has 9 nitrogen and oxygen atoms in total. The molecule has 4 amide bonds. The summed E-state index contributed by atoms with van der Waals surface area (Å²) in [6.45, 7) is 0.188. The Morgan fingerprint density at radius 2 is 2.10 bits per heavy atom. The number of nitrogens with one attached hydrogen (secondary N) is 2. The molecule has 2 aromatic rings. The number of methoxy groups -OCH3 is 1. The van der Waals surface area contributed by atoms with E-state index in [2.05, 4.69) is 27.5 Å². The first-order valence-electron chi connectivity index (χ1n) is 8.74. The van der Waals surface area contributed by atoms with Crippen molar-refractivity contribution in [3.63, 3.8) is 0 Å². The van der Waals surface area contributed by atoms with Gasteiger partial charge in [0.15, 0.2) is 0 Å². The lowest BCUT2D eigenvalue weighted by atomic mass is 9.99. The van der Waals surface area contributed by atoms with E-state index in [0.717, 1.165) is 5.56 Å². The molecule has 1 aromatic carbocycles. The second kappa shape index (κ2) is 6.83. The van der Waals surface area contributed by atoms with Crippen molar-refractivity contribution in [1.82, 2.24) is 20.5 Å². The average Bonchev–Trinajstić information content (AvgIpc) is 3.15. The summed E-state index contributed by atoms with van der Waals surface area (Å²) in [5, 5.41) is 4.75. The molecule has 0 spiro atoms. The Balaban J connectivity index is 1.65. The number of nitrogens with two attached hydrogens (primary N) is 1. The number of rotatable bonds is 3. The van der Waals surface area contributed by atoms with E-state index in [4.69, 9.17) is 10.5 Å². The van der Waals surface area contributed by atoms with E-state index >= 15 is 0 Å². The number of benzene rings is 1. The summed E-state index contributed by atoms with van der Waals surface area (Å²) in [6.07, 6.45) is 2.97. The normalized spacial score (nSPS) is 19.9. The van der Waals surface area contributed by atoms with Crippen molar-refractivity contribution in [1.29, 1.82) is 0 Å². The molecule has 0 unspecified atom stereocenters.